The van der Waals surface area contributed by atoms with Crippen LogP contribution in [0.25, 0.3) is 10.8 Å². The summed E-state index contributed by atoms with van der Waals surface area (Å²) >= 11 is 0. The van der Waals surface area contributed by atoms with E-state index in [1.165, 1.54) is 5.39 Å². The maximum atomic E-state index is 5.90. The molecule has 0 aliphatic rings. The van der Waals surface area contributed by atoms with Crippen LogP contribution in [0.4, 0.5) is 0 Å². The van der Waals surface area contributed by atoms with Crippen molar-refractivity contribution in [3.63, 3.8) is 0 Å². The highest BCUT2D eigenvalue weighted by molar-refractivity contribution is 5.89. The second kappa shape index (κ2) is 3.91. The summed E-state index contributed by atoms with van der Waals surface area (Å²) in [6.07, 6.45) is 0. The van der Waals surface area contributed by atoms with Crippen molar-refractivity contribution in [3.8, 4) is 5.75 Å². The molecule has 0 bridgehead atoms. The molecule has 0 spiro atoms. The van der Waals surface area contributed by atoms with Gasteiger partial charge >= 0.3 is 0 Å². The van der Waals surface area contributed by atoms with Gasteiger partial charge in [0.15, 0.2) is 0 Å². The van der Waals surface area contributed by atoms with E-state index in [1.807, 2.05) is 25.1 Å². The molecule has 0 unspecified atom stereocenters. The Morgan fingerprint density at radius 3 is 2.53 bits per heavy atom. The fourth-order valence-corrected chi connectivity index (χ4v) is 1.85. The minimum atomic E-state index is -0.00967. The zero-order valence-electron chi connectivity index (χ0n) is 9.03. The van der Waals surface area contributed by atoms with Gasteiger partial charge < -0.3 is 10.5 Å². The van der Waals surface area contributed by atoms with Gasteiger partial charge in [0.2, 0.25) is 0 Å². The summed E-state index contributed by atoms with van der Waals surface area (Å²) in [5.74, 6) is 0.892. The Labute approximate surface area is 89.7 Å². The summed E-state index contributed by atoms with van der Waals surface area (Å²) in [6, 6.07) is 12.3. The number of hydrogen-bond acceptors (Lipinski definition) is 2. The Kier molecular flexibility index (Phi) is 2.60. The number of hydrogen-bond donors (Lipinski definition) is 1. The number of methoxy groups -OCH3 is 1. The lowest BCUT2D eigenvalue weighted by molar-refractivity contribution is 0.412. The molecule has 0 fully saturated rings. The third-order valence-electron chi connectivity index (χ3n) is 2.60. The molecule has 0 radical (unpaired) electrons. The lowest BCUT2D eigenvalue weighted by Crippen LogP contribution is -2.07. The zero-order chi connectivity index (χ0) is 10.8. The van der Waals surface area contributed by atoms with Crippen LogP contribution in [0.2, 0.25) is 0 Å². The molecule has 2 N–H and O–H groups in total. The van der Waals surface area contributed by atoms with Crippen LogP contribution in [0.5, 0.6) is 5.75 Å². The first-order valence-corrected chi connectivity index (χ1v) is 5.05. The Morgan fingerprint density at radius 1 is 1.13 bits per heavy atom. The summed E-state index contributed by atoms with van der Waals surface area (Å²) in [6.45, 7) is 1.96. The maximum Gasteiger partial charge on any atom is 0.131 e. The van der Waals surface area contributed by atoms with Crippen LogP contribution < -0.4 is 10.5 Å². The number of nitrogens with two attached hydrogens (primary N) is 1. The molecule has 0 aliphatic carbocycles. The van der Waals surface area contributed by atoms with Gasteiger partial charge in [0.25, 0.3) is 0 Å². The molecule has 2 aromatic rings. The van der Waals surface area contributed by atoms with Crippen LogP contribution in [0.15, 0.2) is 36.4 Å². The van der Waals surface area contributed by atoms with E-state index in [9.17, 15) is 0 Å². The molecular formula is C13H15NO. The fourth-order valence-electron chi connectivity index (χ4n) is 1.85. The summed E-state index contributed by atoms with van der Waals surface area (Å²) in [4.78, 5) is 0. The number of ether oxygens (including phenoxy) is 1. The molecule has 2 aromatic carbocycles. The van der Waals surface area contributed by atoms with Gasteiger partial charge in [-0.15, -0.1) is 0 Å². The number of benzene rings is 2. The van der Waals surface area contributed by atoms with Gasteiger partial charge in [-0.1, -0.05) is 36.4 Å². The first-order valence-electron chi connectivity index (χ1n) is 5.05. The van der Waals surface area contributed by atoms with E-state index in [0.29, 0.717) is 0 Å². The van der Waals surface area contributed by atoms with Crippen molar-refractivity contribution in [1.82, 2.24) is 0 Å². The van der Waals surface area contributed by atoms with Crippen LogP contribution in [0.1, 0.15) is 18.5 Å². The summed E-state index contributed by atoms with van der Waals surface area (Å²) < 4.78 is 5.44. The van der Waals surface area contributed by atoms with E-state index in [-0.39, 0.29) is 6.04 Å². The third-order valence-corrected chi connectivity index (χ3v) is 2.60. The normalized spacial score (nSPS) is 12.7. The molecule has 0 heterocycles. The zero-order valence-corrected chi connectivity index (χ0v) is 9.03. The van der Waals surface area contributed by atoms with Gasteiger partial charge in [0, 0.05) is 17.0 Å². The van der Waals surface area contributed by atoms with Crippen molar-refractivity contribution < 1.29 is 4.74 Å². The molecule has 0 aromatic heterocycles. The van der Waals surface area contributed by atoms with Gasteiger partial charge in [-0.3, -0.25) is 0 Å². The van der Waals surface area contributed by atoms with Crippen molar-refractivity contribution in [2.75, 3.05) is 7.11 Å². The molecule has 2 heteroatoms. The van der Waals surface area contributed by atoms with E-state index in [0.717, 1.165) is 16.7 Å². The minimum Gasteiger partial charge on any atom is -0.496 e. The van der Waals surface area contributed by atoms with E-state index in [2.05, 4.69) is 18.2 Å². The number of fused-ring (bicyclic) bond motifs is 1. The molecule has 15 heavy (non-hydrogen) atoms. The molecule has 78 valence electrons. The maximum absolute atomic E-state index is 5.90. The van der Waals surface area contributed by atoms with Crippen LogP contribution in [0, 0.1) is 0 Å². The fraction of sp³-hybridized carbons (Fsp3) is 0.231. The van der Waals surface area contributed by atoms with E-state index in [1.54, 1.807) is 7.11 Å². The van der Waals surface area contributed by atoms with E-state index < -0.39 is 0 Å². The smallest absolute Gasteiger partial charge is 0.131 e. The Bertz CT molecular complexity index is 477. The second-order valence-electron chi connectivity index (χ2n) is 3.70. The number of rotatable bonds is 2. The van der Waals surface area contributed by atoms with Crippen LogP contribution >= 0.6 is 0 Å². The van der Waals surface area contributed by atoms with Gasteiger partial charge in [-0.25, -0.2) is 0 Å². The Hall–Kier alpha value is -1.54. The topological polar surface area (TPSA) is 35.2 Å². The van der Waals surface area contributed by atoms with Crippen molar-refractivity contribution in [3.05, 3.63) is 42.0 Å². The average molecular weight is 201 g/mol. The first kappa shape index (κ1) is 9.99. The molecule has 0 amide bonds. The first-order chi connectivity index (χ1) is 7.24. The quantitative estimate of drug-likeness (QED) is 0.810. The van der Waals surface area contributed by atoms with Crippen molar-refractivity contribution in [2.24, 2.45) is 5.73 Å². The van der Waals surface area contributed by atoms with Gasteiger partial charge in [-0.05, 0) is 12.3 Å². The SMILES string of the molecule is COc1c([C@@H](C)N)ccc2ccccc12. The summed E-state index contributed by atoms with van der Waals surface area (Å²) in [5.41, 5.74) is 6.95. The van der Waals surface area contributed by atoms with Crippen molar-refractivity contribution in [1.29, 1.82) is 0 Å². The molecule has 1 atom stereocenters. The van der Waals surface area contributed by atoms with Gasteiger partial charge in [0.05, 0.1) is 7.11 Å². The second-order valence-corrected chi connectivity index (χ2v) is 3.70. The average Bonchev–Trinajstić information content (AvgIpc) is 2.27. The largest absolute Gasteiger partial charge is 0.496 e. The highest BCUT2D eigenvalue weighted by atomic mass is 16.5. The molecule has 0 saturated heterocycles. The monoisotopic (exact) mass is 201 g/mol. The minimum absolute atomic E-state index is 0.00967. The predicted molar refractivity (Wildman–Crippen MR) is 63.1 cm³/mol. The highest BCUT2D eigenvalue weighted by Crippen LogP contribution is 2.32. The Morgan fingerprint density at radius 2 is 1.87 bits per heavy atom. The lowest BCUT2D eigenvalue weighted by Gasteiger charge is -2.14. The summed E-state index contributed by atoms with van der Waals surface area (Å²) in [5, 5.41) is 2.30. The highest BCUT2D eigenvalue weighted by Gasteiger charge is 2.10. The molecule has 2 rings (SSSR count). The van der Waals surface area contributed by atoms with Gasteiger partial charge in [-0.2, -0.15) is 0 Å². The van der Waals surface area contributed by atoms with Crippen molar-refractivity contribution in [2.45, 2.75) is 13.0 Å². The van der Waals surface area contributed by atoms with E-state index >= 15 is 0 Å². The molecule has 0 saturated carbocycles. The van der Waals surface area contributed by atoms with Crippen LogP contribution in [-0.4, -0.2) is 7.11 Å². The molecular weight excluding hydrogens is 186 g/mol. The summed E-state index contributed by atoms with van der Waals surface area (Å²) in [7, 11) is 1.69. The van der Waals surface area contributed by atoms with E-state index in [4.69, 9.17) is 10.5 Å². The van der Waals surface area contributed by atoms with Crippen LogP contribution in [0.3, 0.4) is 0 Å². The predicted octanol–water partition coefficient (Wildman–Crippen LogP) is 2.87. The van der Waals surface area contributed by atoms with Crippen molar-refractivity contribution >= 4 is 10.8 Å². The standard InChI is InChI=1S/C13H15NO/c1-9(14)11-8-7-10-5-3-4-6-12(10)13(11)15-2/h3-9H,14H2,1-2H3/t9-/m1/s1. The molecule has 2 nitrogen and oxygen atoms in total. The third kappa shape index (κ3) is 1.68. The Balaban J connectivity index is 2.75. The lowest BCUT2D eigenvalue weighted by atomic mass is 10.0. The molecule has 0 aliphatic heterocycles. The van der Waals surface area contributed by atoms with Crippen LogP contribution in [-0.2, 0) is 0 Å². The van der Waals surface area contributed by atoms with Gasteiger partial charge in [0.1, 0.15) is 5.75 Å².